The lowest BCUT2D eigenvalue weighted by Gasteiger charge is -2.11. The number of hydrogen-bond acceptors (Lipinski definition) is 5. The molecular weight excluding hydrogens is 403 g/mol. The summed E-state index contributed by atoms with van der Waals surface area (Å²) in [6.45, 7) is 3.03. The maximum absolute atomic E-state index is 13.2. The Kier molecular flexibility index (Phi) is 5.67. The number of nitrogens with zero attached hydrogens (tertiary/aromatic N) is 2. The van der Waals surface area contributed by atoms with Crippen molar-refractivity contribution in [3.05, 3.63) is 82.5 Å². The number of primary amides is 1. The van der Waals surface area contributed by atoms with Crippen molar-refractivity contribution in [3.63, 3.8) is 0 Å². The second-order valence-corrected chi connectivity index (χ2v) is 7.75. The highest BCUT2D eigenvalue weighted by Gasteiger charge is 2.18. The van der Waals surface area contributed by atoms with Gasteiger partial charge in [-0.25, -0.2) is 9.37 Å². The molecule has 4 rings (SSSR count). The second-order valence-electron chi connectivity index (χ2n) is 6.89. The number of halogens is 1. The number of anilines is 1. The smallest absolute Gasteiger partial charge is 0.250 e. The molecule has 0 saturated carbocycles. The Labute approximate surface area is 177 Å². The van der Waals surface area contributed by atoms with E-state index in [1.54, 1.807) is 24.5 Å². The Balaban J connectivity index is 1.58. The van der Waals surface area contributed by atoms with Crippen LogP contribution < -0.4 is 11.1 Å². The van der Waals surface area contributed by atoms with Crippen LogP contribution in [0, 0.1) is 12.7 Å². The summed E-state index contributed by atoms with van der Waals surface area (Å²) in [5.41, 5.74) is 9.43. The zero-order valence-electron chi connectivity index (χ0n) is 16.4. The van der Waals surface area contributed by atoms with E-state index in [1.165, 1.54) is 23.5 Å². The van der Waals surface area contributed by atoms with Crippen LogP contribution in [0.2, 0.25) is 0 Å². The Morgan fingerprint density at radius 1 is 1.30 bits per heavy atom. The Morgan fingerprint density at radius 2 is 2.10 bits per heavy atom. The normalized spacial score (nSPS) is 11.0. The van der Waals surface area contributed by atoms with E-state index < -0.39 is 5.91 Å². The minimum absolute atomic E-state index is 0.260. The monoisotopic (exact) mass is 424 g/mol. The molecule has 0 unspecified atom stereocenters. The lowest BCUT2D eigenvalue weighted by Crippen LogP contribution is -2.13. The molecule has 0 aliphatic heterocycles. The van der Waals surface area contributed by atoms with Crippen molar-refractivity contribution in [2.75, 3.05) is 5.32 Å². The van der Waals surface area contributed by atoms with Gasteiger partial charge in [0.2, 0.25) is 0 Å². The Morgan fingerprint density at radius 3 is 2.80 bits per heavy atom. The zero-order valence-corrected chi connectivity index (χ0v) is 17.2. The lowest BCUT2D eigenvalue weighted by atomic mass is 10.1. The van der Waals surface area contributed by atoms with Gasteiger partial charge in [0.05, 0.1) is 29.8 Å². The predicted molar refractivity (Wildman–Crippen MR) is 115 cm³/mol. The highest BCUT2D eigenvalue weighted by Crippen LogP contribution is 2.29. The van der Waals surface area contributed by atoms with Gasteiger partial charge < -0.3 is 20.0 Å². The number of carbonyl (C=O) groups excluding carboxylic acids is 1. The number of carbonyl (C=O) groups is 1. The SMILES string of the molecule is Cc1c(C(N)=O)cc(-c2csc(NCc3ccco3)n2)n1CCc1ccc(F)cc1. The van der Waals surface area contributed by atoms with Crippen molar-refractivity contribution >= 4 is 22.4 Å². The first-order chi connectivity index (χ1) is 14.5. The molecule has 0 saturated heterocycles. The molecule has 0 fully saturated rings. The molecule has 8 heteroatoms. The van der Waals surface area contributed by atoms with Gasteiger partial charge in [0.1, 0.15) is 11.6 Å². The number of hydrogen-bond donors (Lipinski definition) is 2. The third-order valence-corrected chi connectivity index (χ3v) is 5.73. The summed E-state index contributed by atoms with van der Waals surface area (Å²) in [4.78, 5) is 16.6. The van der Waals surface area contributed by atoms with E-state index in [2.05, 4.69) is 10.3 Å². The van der Waals surface area contributed by atoms with E-state index >= 15 is 0 Å². The third-order valence-electron chi connectivity index (χ3n) is 4.93. The summed E-state index contributed by atoms with van der Waals surface area (Å²) in [6, 6.07) is 11.9. The molecule has 1 aromatic carbocycles. The molecule has 30 heavy (non-hydrogen) atoms. The molecule has 1 amide bonds. The molecule has 0 atom stereocenters. The van der Waals surface area contributed by atoms with E-state index in [9.17, 15) is 9.18 Å². The van der Waals surface area contributed by atoms with Gasteiger partial charge in [0, 0.05) is 17.6 Å². The molecule has 0 radical (unpaired) electrons. The maximum atomic E-state index is 13.2. The summed E-state index contributed by atoms with van der Waals surface area (Å²) in [6.07, 6.45) is 2.32. The molecule has 3 aromatic heterocycles. The molecule has 3 heterocycles. The number of rotatable bonds is 8. The van der Waals surface area contributed by atoms with Gasteiger partial charge in [-0.1, -0.05) is 12.1 Å². The van der Waals surface area contributed by atoms with Crippen LogP contribution in [0.1, 0.15) is 27.4 Å². The summed E-state index contributed by atoms with van der Waals surface area (Å²) < 4.78 is 20.5. The molecule has 3 N–H and O–H groups in total. The van der Waals surface area contributed by atoms with Gasteiger partial charge in [-0.05, 0) is 49.2 Å². The summed E-state index contributed by atoms with van der Waals surface area (Å²) in [5.74, 6) is 0.0895. The van der Waals surface area contributed by atoms with Crippen LogP contribution >= 0.6 is 11.3 Å². The summed E-state index contributed by atoms with van der Waals surface area (Å²) in [5, 5.41) is 5.94. The van der Waals surface area contributed by atoms with Crippen molar-refractivity contribution in [3.8, 4) is 11.4 Å². The average Bonchev–Trinajstić information content (AvgIpc) is 3.46. The number of thiazole rings is 1. The van der Waals surface area contributed by atoms with Gasteiger partial charge >= 0.3 is 0 Å². The van der Waals surface area contributed by atoms with Crippen molar-refractivity contribution in [2.24, 2.45) is 5.73 Å². The second kappa shape index (κ2) is 8.54. The molecule has 6 nitrogen and oxygen atoms in total. The van der Waals surface area contributed by atoms with Crippen LogP contribution in [-0.4, -0.2) is 15.5 Å². The fourth-order valence-electron chi connectivity index (χ4n) is 3.34. The first-order valence-electron chi connectivity index (χ1n) is 9.48. The first kappa shape index (κ1) is 19.9. The number of aromatic nitrogens is 2. The van der Waals surface area contributed by atoms with Gasteiger partial charge in [-0.15, -0.1) is 11.3 Å². The fraction of sp³-hybridized carbons (Fsp3) is 0.182. The number of nitrogens with one attached hydrogen (secondary N) is 1. The van der Waals surface area contributed by atoms with Crippen LogP contribution in [0.15, 0.2) is 58.5 Å². The molecular formula is C22H21FN4O2S. The molecule has 0 spiro atoms. The molecule has 0 bridgehead atoms. The van der Waals surface area contributed by atoms with E-state index in [-0.39, 0.29) is 5.82 Å². The zero-order chi connectivity index (χ0) is 21.1. The van der Waals surface area contributed by atoms with Crippen molar-refractivity contribution in [1.29, 1.82) is 0 Å². The summed E-state index contributed by atoms with van der Waals surface area (Å²) >= 11 is 1.48. The van der Waals surface area contributed by atoms with Gasteiger partial charge in [-0.2, -0.15) is 0 Å². The first-order valence-corrected chi connectivity index (χ1v) is 10.4. The van der Waals surface area contributed by atoms with Crippen LogP contribution in [0.3, 0.4) is 0 Å². The highest BCUT2D eigenvalue weighted by atomic mass is 32.1. The molecule has 0 aliphatic carbocycles. The molecule has 154 valence electrons. The minimum Gasteiger partial charge on any atom is -0.467 e. The standard InChI is InChI=1S/C22H21FN4O2S/c1-14-18(21(24)28)11-20(27(14)9-8-15-4-6-16(23)7-5-15)19-13-30-22(26-19)25-12-17-3-2-10-29-17/h2-7,10-11,13H,8-9,12H2,1H3,(H2,24,28)(H,25,26). The quantitative estimate of drug-likeness (QED) is 0.433. The maximum Gasteiger partial charge on any atom is 0.250 e. The number of aryl methyl sites for hydroxylation is 1. The van der Waals surface area contributed by atoms with Crippen LogP contribution in [-0.2, 0) is 19.5 Å². The number of nitrogens with two attached hydrogens (primary N) is 1. The van der Waals surface area contributed by atoms with Gasteiger partial charge in [0.15, 0.2) is 5.13 Å². The van der Waals surface area contributed by atoms with Crippen molar-refractivity contribution in [1.82, 2.24) is 9.55 Å². The minimum atomic E-state index is -0.472. The van der Waals surface area contributed by atoms with E-state index in [1.807, 2.05) is 29.0 Å². The average molecular weight is 425 g/mol. The number of benzene rings is 1. The highest BCUT2D eigenvalue weighted by molar-refractivity contribution is 7.14. The predicted octanol–water partition coefficient (Wildman–Crippen LogP) is 4.61. The van der Waals surface area contributed by atoms with Gasteiger partial charge in [0.25, 0.3) is 5.91 Å². The van der Waals surface area contributed by atoms with Crippen LogP contribution in [0.5, 0.6) is 0 Å². The Bertz CT molecular complexity index is 1150. The molecule has 0 aliphatic rings. The lowest BCUT2D eigenvalue weighted by molar-refractivity contribution is 0.0999. The van der Waals surface area contributed by atoms with E-state index in [4.69, 9.17) is 10.2 Å². The van der Waals surface area contributed by atoms with Crippen LogP contribution in [0.4, 0.5) is 9.52 Å². The van der Waals surface area contributed by atoms with Crippen molar-refractivity contribution < 1.29 is 13.6 Å². The van der Waals surface area contributed by atoms with E-state index in [0.29, 0.717) is 25.1 Å². The van der Waals surface area contributed by atoms with E-state index in [0.717, 1.165) is 33.5 Å². The largest absolute Gasteiger partial charge is 0.467 e. The van der Waals surface area contributed by atoms with Crippen molar-refractivity contribution in [2.45, 2.75) is 26.4 Å². The third kappa shape index (κ3) is 4.28. The number of furan rings is 1. The Hall–Kier alpha value is -3.39. The molecule has 4 aromatic rings. The topological polar surface area (TPSA) is 86.1 Å². The number of amides is 1. The fourth-order valence-corrected chi connectivity index (χ4v) is 4.04. The van der Waals surface area contributed by atoms with Gasteiger partial charge in [-0.3, -0.25) is 4.79 Å². The summed E-state index contributed by atoms with van der Waals surface area (Å²) in [7, 11) is 0. The van der Waals surface area contributed by atoms with Crippen LogP contribution in [0.25, 0.3) is 11.4 Å².